The minimum Gasteiger partial charge on any atom is -0.491 e. The quantitative estimate of drug-likeness (QED) is 0.0430. The Hall–Kier alpha value is -4.70. The van der Waals surface area contributed by atoms with Crippen molar-refractivity contribution in [2.75, 3.05) is 98.2 Å². The molecule has 0 bridgehead atoms. The van der Waals surface area contributed by atoms with Crippen molar-refractivity contribution in [2.24, 2.45) is 16.5 Å². The van der Waals surface area contributed by atoms with Crippen LogP contribution in [0.25, 0.3) is 23.8 Å². The van der Waals surface area contributed by atoms with Gasteiger partial charge in [-0.3, -0.25) is 4.99 Å². The van der Waals surface area contributed by atoms with Crippen LogP contribution in [0.5, 0.6) is 5.75 Å². The Bertz CT molecular complexity index is 1450. The Labute approximate surface area is 290 Å². The predicted molar refractivity (Wildman–Crippen MR) is 196 cm³/mol. The monoisotopic (exact) mass is 672 g/mol. The third-order valence-electron chi connectivity index (χ3n) is 7.18. The van der Waals surface area contributed by atoms with Gasteiger partial charge in [0.05, 0.1) is 59.4 Å². The summed E-state index contributed by atoms with van der Waals surface area (Å²) in [5.41, 5.74) is 16.4. The Morgan fingerprint density at radius 3 is 1.76 bits per heavy atom. The Morgan fingerprint density at radius 2 is 1.20 bits per heavy atom. The zero-order chi connectivity index (χ0) is 34.9. The standard InChI is InChI=1S/C38H49N5O6/c1-44-23-25-47-21-18-43(19-22-48-26-24-45-2)36-13-9-32(10-14-36)4-3-31-5-7-33(8-6-31)29-35(30-39)34-11-15-37(16-12-34)49-28-27-46-20-17-42-38(40)41/h3-16,29H,17-28H2,1-2H3,(H4,40,41,42)/p+1/b4-3+,35-29+. The number of rotatable bonds is 24. The van der Waals surface area contributed by atoms with Crippen LogP contribution < -0.4 is 26.4 Å². The Balaban J connectivity index is 1.53. The first-order valence-corrected chi connectivity index (χ1v) is 16.3. The smallest absolute Gasteiger partial charge is 0.309 e. The molecule has 3 aromatic rings. The first kappa shape index (κ1) is 38.7. The zero-order valence-electron chi connectivity index (χ0n) is 28.6. The number of guanidine groups is 1. The second-order valence-electron chi connectivity index (χ2n) is 10.8. The number of methoxy groups -OCH3 is 2. The average Bonchev–Trinajstić information content (AvgIpc) is 3.12. The van der Waals surface area contributed by atoms with Gasteiger partial charge in [-0.15, -0.1) is 0 Å². The number of nitrogens with two attached hydrogens (primary N) is 2. The fourth-order valence-corrected chi connectivity index (χ4v) is 4.55. The van der Waals surface area contributed by atoms with Crippen LogP contribution in [-0.4, -0.2) is 99.3 Å². The summed E-state index contributed by atoms with van der Waals surface area (Å²) in [6, 6.07) is 26.8. The van der Waals surface area contributed by atoms with Crippen molar-refractivity contribution < 1.29 is 33.7 Å². The van der Waals surface area contributed by atoms with E-state index in [2.05, 4.69) is 64.5 Å². The lowest BCUT2D eigenvalue weighted by atomic mass is 10.0. The van der Waals surface area contributed by atoms with Crippen LogP contribution in [0, 0.1) is 6.07 Å². The first-order chi connectivity index (χ1) is 24.0. The molecular formula is C38H50N5O6+. The van der Waals surface area contributed by atoms with Gasteiger partial charge >= 0.3 is 6.07 Å². The normalized spacial score (nSPS) is 11.4. The summed E-state index contributed by atoms with van der Waals surface area (Å²) in [4.78, 5) is 6.13. The van der Waals surface area contributed by atoms with Crippen molar-refractivity contribution >= 4 is 35.4 Å². The van der Waals surface area contributed by atoms with Gasteiger partial charge in [0, 0.05) is 33.0 Å². The van der Waals surface area contributed by atoms with Crippen molar-refractivity contribution in [3.63, 3.8) is 0 Å². The van der Waals surface area contributed by atoms with Crippen molar-refractivity contribution in [1.29, 1.82) is 0 Å². The maximum Gasteiger partial charge on any atom is 0.309 e. The van der Waals surface area contributed by atoms with E-state index in [4.69, 9.17) is 45.2 Å². The lowest BCUT2D eigenvalue weighted by molar-refractivity contribution is -0.0894. The van der Waals surface area contributed by atoms with Crippen LogP contribution in [0.15, 0.2) is 77.8 Å². The Morgan fingerprint density at radius 1 is 0.673 bits per heavy atom. The second kappa shape index (κ2) is 23.6. The van der Waals surface area contributed by atoms with Gasteiger partial charge in [0.25, 0.3) is 0 Å². The van der Waals surface area contributed by atoms with E-state index in [0.717, 1.165) is 46.8 Å². The van der Waals surface area contributed by atoms with Crippen molar-refractivity contribution in [1.82, 2.24) is 0 Å². The molecule has 0 unspecified atom stereocenters. The van der Waals surface area contributed by atoms with Gasteiger partial charge in [0.2, 0.25) is 0 Å². The topological polar surface area (TPSA) is 147 Å². The van der Waals surface area contributed by atoms with E-state index in [1.807, 2.05) is 42.5 Å². The average molecular weight is 673 g/mol. The molecule has 5 N–H and O–H groups in total. The Kier molecular flexibility index (Phi) is 18.7. The number of allylic oxidation sites excluding steroid dienone is 1. The summed E-state index contributed by atoms with van der Waals surface area (Å²) < 4.78 is 32.7. The summed E-state index contributed by atoms with van der Waals surface area (Å²) in [7, 11) is 3.34. The fourth-order valence-electron chi connectivity index (χ4n) is 4.55. The summed E-state index contributed by atoms with van der Waals surface area (Å²) >= 11 is 0. The minimum atomic E-state index is 0.0514. The highest BCUT2D eigenvalue weighted by Crippen LogP contribution is 2.22. The number of nitrogens with zero attached hydrogens (tertiary/aromatic N) is 2. The molecule has 0 aliphatic carbocycles. The van der Waals surface area contributed by atoms with E-state index < -0.39 is 0 Å². The molecule has 0 fully saturated rings. The van der Waals surface area contributed by atoms with Gasteiger partial charge in [-0.1, -0.05) is 53.8 Å². The van der Waals surface area contributed by atoms with E-state index in [-0.39, 0.29) is 5.96 Å². The van der Waals surface area contributed by atoms with Gasteiger partial charge in [-0.25, -0.2) is 0 Å². The molecule has 0 heterocycles. The predicted octanol–water partition coefficient (Wildman–Crippen LogP) is 2.97. The van der Waals surface area contributed by atoms with E-state index in [1.54, 1.807) is 14.2 Å². The third-order valence-corrected chi connectivity index (χ3v) is 7.18. The van der Waals surface area contributed by atoms with Crippen LogP contribution in [0.2, 0.25) is 0 Å². The number of anilines is 1. The number of nitrogens with one attached hydrogen (secondary N) is 1. The maximum absolute atomic E-state index is 7.85. The van der Waals surface area contributed by atoms with Crippen molar-refractivity contribution in [3.8, 4) is 11.8 Å². The van der Waals surface area contributed by atoms with E-state index in [0.29, 0.717) is 71.6 Å². The molecule has 49 heavy (non-hydrogen) atoms. The number of benzene rings is 3. The molecule has 0 aliphatic rings. The number of ether oxygens (including phenoxy) is 6. The molecule has 11 nitrogen and oxygen atoms in total. The largest absolute Gasteiger partial charge is 0.491 e. The van der Waals surface area contributed by atoms with Gasteiger partial charge in [0.15, 0.2) is 5.96 Å². The third kappa shape index (κ3) is 15.8. The minimum absolute atomic E-state index is 0.0514. The highest BCUT2D eigenvalue weighted by molar-refractivity contribution is 5.89. The molecule has 11 heteroatoms. The highest BCUT2D eigenvalue weighted by Gasteiger charge is 2.08. The summed E-state index contributed by atoms with van der Waals surface area (Å²) in [6.45, 7) is 6.71. The van der Waals surface area contributed by atoms with Crippen LogP contribution in [0.3, 0.4) is 0 Å². The van der Waals surface area contributed by atoms with Gasteiger partial charge in [0.1, 0.15) is 17.9 Å². The molecule has 0 atom stereocenters. The fraction of sp³-hybridized carbons (Fsp3) is 0.368. The van der Waals surface area contributed by atoms with Crippen molar-refractivity contribution in [2.45, 2.75) is 0 Å². The number of aliphatic imine (C=N–C) groups is 1. The first-order valence-electron chi connectivity index (χ1n) is 16.3. The highest BCUT2D eigenvalue weighted by atomic mass is 16.5. The molecule has 0 saturated heterocycles. The summed E-state index contributed by atoms with van der Waals surface area (Å²) in [6.07, 6.45) is 6.13. The molecule has 0 aromatic heterocycles. The summed E-state index contributed by atoms with van der Waals surface area (Å²) in [5.74, 6) is 0.770. The second-order valence-corrected chi connectivity index (χ2v) is 10.8. The lowest BCUT2D eigenvalue weighted by Gasteiger charge is -2.25. The molecule has 0 saturated carbocycles. The van der Waals surface area contributed by atoms with Crippen LogP contribution in [-0.2, 0) is 23.7 Å². The van der Waals surface area contributed by atoms with Gasteiger partial charge in [-0.05, 0) is 64.7 Å². The number of hydrogen-bond acceptors (Lipinski definition) is 8. The van der Waals surface area contributed by atoms with Crippen LogP contribution in [0.1, 0.15) is 22.3 Å². The van der Waals surface area contributed by atoms with Crippen LogP contribution in [0.4, 0.5) is 5.69 Å². The number of hydrogen-bond donors (Lipinski definition) is 3. The molecule has 0 aliphatic heterocycles. The molecular weight excluding hydrogens is 622 g/mol. The maximum atomic E-state index is 7.85. The summed E-state index contributed by atoms with van der Waals surface area (Å²) in [5, 5.41) is 7.85. The molecule has 262 valence electrons. The molecule has 3 rings (SSSR count). The molecule has 0 amide bonds. The van der Waals surface area contributed by atoms with E-state index in [1.165, 1.54) is 0 Å². The van der Waals surface area contributed by atoms with Gasteiger partial charge in [-0.2, -0.15) is 0 Å². The SMILES string of the molecule is COCCOCCN(CCOCCOC)c1ccc(/C=C/c2ccc(/C=C(\C#[NH+])c3ccc(OCCOCCN=C(N)N)cc3)cc2)cc1. The van der Waals surface area contributed by atoms with E-state index in [9.17, 15) is 0 Å². The van der Waals surface area contributed by atoms with E-state index >= 15 is 0 Å². The molecule has 0 radical (unpaired) electrons. The molecule has 3 aromatic carbocycles. The van der Waals surface area contributed by atoms with Crippen LogP contribution >= 0.6 is 0 Å². The van der Waals surface area contributed by atoms with Gasteiger partial charge < -0.3 is 44.8 Å². The lowest BCUT2D eigenvalue weighted by Crippen LogP contribution is -2.31. The van der Waals surface area contributed by atoms with Crippen molar-refractivity contribution in [3.05, 3.63) is 95.1 Å². The molecule has 0 spiro atoms. The zero-order valence-corrected chi connectivity index (χ0v) is 28.6.